The van der Waals surface area contributed by atoms with Crippen LogP contribution in [0.4, 0.5) is 5.69 Å². The van der Waals surface area contributed by atoms with E-state index in [0.29, 0.717) is 35.0 Å². The number of carbonyl (C=O) groups is 2. The van der Waals surface area contributed by atoms with Gasteiger partial charge in [0.05, 0.1) is 28.7 Å². The second kappa shape index (κ2) is 5.18. The first-order valence-corrected chi connectivity index (χ1v) is 8.72. The fourth-order valence-corrected chi connectivity index (χ4v) is 5.24. The van der Waals surface area contributed by atoms with E-state index in [0.717, 1.165) is 0 Å². The van der Waals surface area contributed by atoms with Crippen molar-refractivity contribution >= 4 is 40.7 Å². The van der Waals surface area contributed by atoms with Gasteiger partial charge in [0, 0.05) is 23.1 Å². The van der Waals surface area contributed by atoms with Crippen LogP contribution in [0.2, 0.25) is 10.0 Å². The molecule has 0 saturated carbocycles. The number of aliphatic hydroxyl groups is 1. The first-order chi connectivity index (χ1) is 11.3. The molecule has 1 aromatic rings. The van der Waals surface area contributed by atoms with E-state index in [4.69, 9.17) is 27.9 Å². The average molecular weight is 370 g/mol. The third-order valence-corrected chi connectivity index (χ3v) is 6.09. The summed E-state index contributed by atoms with van der Waals surface area (Å²) in [4.78, 5) is 27.3. The highest BCUT2D eigenvalue weighted by Crippen LogP contribution is 2.62. The van der Waals surface area contributed by atoms with Crippen LogP contribution in [-0.2, 0) is 14.3 Å². The van der Waals surface area contributed by atoms with Crippen molar-refractivity contribution in [1.82, 2.24) is 0 Å². The Bertz CT molecular complexity index is 730. The smallest absolute Gasteiger partial charge is 0.240 e. The zero-order valence-electron chi connectivity index (χ0n) is 13.1. The van der Waals surface area contributed by atoms with Gasteiger partial charge in [0.15, 0.2) is 0 Å². The zero-order chi connectivity index (χ0) is 17.3. The summed E-state index contributed by atoms with van der Waals surface area (Å²) in [7, 11) is 0. The lowest BCUT2D eigenvalue weighted by atomic mass is 9.67. The molecule has 7 heteroatoms. The van der Waals surface area contributed by atoms with Gasteiger partial charge >= 0.3 is 0 Å². The fraction of sp³-hybridized carbons (Fsp3) is 0.529. The number of imide groups is 1. The van der Waals surface area contributed by atoms with Gasteiger partial charge in [-0.1, -0.05) is 23.2 Å². The van der Waals surface area contributed by atoms with Crippen molar-refractivity contribution in [3.63, 3.8) is 0 Å². The number of halogens is 2. The molecule has 3 aliphatic heterocycles. The van der Waals surface area contributed by atoms with Crippen LogP contribution in [0.25, 0.3) is 0 Å². The van der Waals surface area contributed by atoms with Gasteiger partial charge in [-0.25, -0.2) is 4.90 Å². The van der Waals surface area contributed by atoms with Gasteiger partial charge in [0.2, 0.25) is 11.8 Å². The van der Waals surface area contributed by atoms with E-state index in [1.807, 2.05) is 6.92 Å². The molecule has 1 N–H and O–H groups in total. The molecule has 2 bridgehead atoms. The van der Waals surface area contributed by atoms with Crippen LogP contribution in [0.3, 0.4) is 0 Å². The lowest BCUT2D eigenvalue weighted by Gasteiger charge is -2.30. The van der Waals surface area contributed by atoms with Gasteiger partial charge in [-0.15, -0.1) is 0 Å². The van der Waals surface area contributed by atoms with E-state index in [9.17, 15) is 14.7 Å². The van der Waals surface area contributed by atoms with Gasteiger partial charge in [0.1, 0.15) is 0 Å². The third kappa shape index (κ3) is 2.02. The van der Waals surface area contributed by atoms with Gasteiger partial charge in [-0.2, -0.15) is 0 Å². The molecule has 128 valence electrons. The second-order valence-corrected chi connectivity index (χ2v) is 7.92. The van der Waals surface area contributed by atoms with Crippen molar-refractivity contribution in [1.29, 1.82) is 0 Å². The summed E-state index contributed by atoms with van der Waals surface area (Å²) in [6.07, 6.45) is 1.73. The lowest BCUT2D eigenvalue weighted by Crippen LogP contribution is -2.42. The number of carbonyl (C=O) groups excluding carboxylic acids is 2. The number of ether oxygens (including phenoxy) is 1. The summed E-state index contributed by atoms with van der Waals surface area (Å²) in [5, 5.41) is 10.2. The zero-order valence-corrected chi connectivity index (χ0v) is 14.6. The lowest BCUT2D eigenvalue weighted by molar-refractivity contribution is -0.131. The molecule has 3 aliphatic rings. The predicted octanol–water partition coefficient (Wildman–Crippen LogP) is 2.80. The molecule has 0 aromatic heterocycles. The van der Waals surface area contributed by atoms with Crippen LogP contribution in [0, 0.1) is 11.8 Å². The number of fused-ring (bicyclic) bond motifs is 5. The van der Waals surface area contributed by atoms with Crippen molar-refractivity contribution in [3.05, 3.63) is 28.2 Å². The van der Waals surface area contributed by atoms with Gasteiger partial charge < -0.3 is 9.84 Å². The molecule has 5 nitrogen and oxygen atoms in total. The quantitative estimate of drug-likeness (QED) is 0.831. The molecule has 3 saturated heterocycles. The second-order valence-electron chi connectivity index (χ2n) is 7.05. The monoisotopic (exact) mass is 369 g/mol. The summed E-state index contributed by atoms with van der Waals surface area (Å²) < 4.78 is 6.15. The van der Waals surface area contributed by atoms with E-state index in [1.165, 1.54) is 4.90 Å². The Morgan fingerprint density at radius 1 is 1.17 bits per heavy atom. The van der Waals surface area contributed by atoms with E-state index in [2.05, 4.69) is 0 Å². The molecule has 3 heterocycles. The molecule has 3 fully saturated rings. The first kappa shape index (κ1) is 16.3. The molecule has 0 radical (unpaired) electrons. The van der Waals surface area contributed by atoms with Gasteiger partial charge in [-0.05, 0) is 38.0 Å². The minimum atomic E-state index is -0.752. The number of anilines is 1. The molecular weight excluding hydrogens is 353 g/mol. The highest BCUT2D eigenvalue weighted by Gasteiger charge is 2.73. The summed E-state index contributed by atoms with van der Waals surface area (Å²) in [5.41, 5.74) is -1.03. The number of benzene rings is 1. The summed E-state index contributed by atoms with van der Waals surface area (Å²) >= 11 is 12.1. The Morgan fingerprint density at radius 2 is 1.79 bits per heavy atom. The highest BCUT2D eigenvalue weighted by atomic mass is 35.5. The molecule has 4 atom stereocenters. The minimum absolute atomic E-state index is 0.0796. The summed E-state index contributed by atoms with van der Waals surface area (Å²) in [6.45, 7) is 1.81. The van der Waals surface area contributed by atoms with Crippen molar-refractivity contribution in [3.8, 4) is 0 Å². The highest BCUT2D eigenvalue weighted by molar-refractivity contribution is 6.35. The Hall–Kier alpha value is -1.14. The standard InChI is InChI=1S/C17H17Cl2NO4/c1-16-2-3-17(24-16,4-5-21)13-12(16)14(22)20(15(13)23)11-7-9(18)6-10(19)8-11/h6-8,12-13,21H,2-5H2,1H3/t12-,13+,16-,17-/m1/s1. The SMILES string of the molecule is C[C@]12CC[C@](CCO)(O1)[C@@H]1C(=O)N(c3cc(Cl)cc(Cl)c3)C(=O)[C@@H]12. The first-order valence-electron chi connectivity index (χ1n) is 7.96. The molecule has 4 rings (SSSR count). The van der Waals surface area contributed by atoms with Gasteiger partial charge in [-0.3, -0.25) is 9.59 Å². The molecule has 0 aliphatic carbocycles. The Morgan fingerprint density at radius 3 is 2.42 bits per heavy atom. The van der Waals surface area contributed by atoms with E-state index in [1.54, 1.807) is 18.2 Å². The number of hydrogen-bond donors (Lipinski definition) is 1. The molecule has 0 unspecified atom stereocenters. The van der Waals surface area contributed by atoms with Crippen molar-refractivity contribution < 1.29 is 19.4 Å². The van der Waals surface area contributed by atoms with Crippen molar-refractivity contribution in [2.45, 2.75) is 37.4 Å². The summed E-state index contributed by atoms with van der Waals surface area (Å²) in [5.74, 6) is -1.65. The Labute approximate surface area is 149 Å². The topological polar surface area (TPSA) is 66.8 Å². The maximum Gasteiger partial charge on any atom is 0.240 e. The Balaban J connectivity index is 1.79. The van der Waals surface area contributed by atoms with Crippen LogP contribution in [-0.4, -0.2) is 34.7 Å². The van der Waals surface area contributed by atoms with Crippen molar-refractivity contribution in [2.75, 3.05) is 11.5 Å². The average Bonchev–Trinajstić information content (AvgIpc) is 3.04. The largest absolute Gasteiger partial charge is 0.396 e. The van der Waals surface area contributed by atoms with Crippen LogP contribution in [0.1, 0.15) is 26.2 Å². The molecule has 0 spiro atoms. The van der Waals surface area contributed by atoms with Crippen LogP contribution < -0.4 is 4.90 Å². The number of nitrogens with zero attached hydrogens (tertiary/aromatic N) is 1. The fourth-order valence-electron chi connectivity index (χ4n) is 4.72. The third-order valence-electron chi connectivity index (χ3n) is 5.65. The van der Waals surface area contributed by atoms with E-state index in [-0.39, 0.29) is 18.4 Å². The Kier molecular flexibility index (Phi) is 3.52. The maximum absolute atomic E-state index is 13.1. The van der Waals surface area contributed by atoms with Crippen LogP contribution in [0.5, 0.6) is 0 Å². The number of rotatable bonds is 3. The van der Waals surface area contributed by atoms with Gasteiger partial charge in [0.25, 0.3) is 0 Å². The number of amides is 2. The number of aliphatic hydroxyl groups excluding tert-OH is 1. The molecule has 24 heavy (non-hydrogen) atoms. The van der Waals surface area contributed by atoms with Crippen molar-refractivity contribution in [2.24, 2.45) is 11.8 Å². The predicted molar refractivity (Wildman–Crippen MR) is 89.1 cm³/mol. The molecule has 2 amide bonds. The molecular formula is C17H17Cl2NO4. The number of hydrogen-bond acceptors (Lipinski definition) is 4. The van der Waals surface area contributed by atoms with Crippen LogP contribution in [0.15, 0.2) is 18.2 Å². The summed E-state index contributed by atoms with van der Waals surface area (Å²) in [6, 6.07) is 4.68. The van der Waals surface area contributed by atoms with E-state index >= 15 is 0 Å². The minimum Gasteiger partial charge on any atom is -0.396 e. The normalized spacial score (nSPS) is 37.4. The van der Waals surface area contributed by atoms with E-state index < -0.39 is 23.0 Å². The maximum atomic E-state index is 13.1. The molecule has 1 aromatic carbocycles. The van der Waals surface area contributed by atoms with Crippen LogP contribution >= 0.6 is 23.2 Å².